The first-order valence-electron chi connectivity index (χ1n) is 4.39. The first-order valence-corrected chi connectivity index (χ1v) is 4.39. The van der Waals surface area contributed by atoms with Gasteiger partial charge in [0.25, 0.3) is 0 Å². The van der Waals surface area contributed by atoms with Crippen LogP contribution in [0.1, 0.15) is 10.4 Å². The largest absolute Gasteiger partial charge is 0.335 e. The van der Waals surface area contributed by atoms with Gasteiger partial charge in [-0.1, -0.05) is 18.2 Å². The van der Waals surface area contributed by atoms with Crippen molar-refractivity contribution < 1.29 is 14.7 Å². The topological polar surface area (TPSA) is 82.3 Å². The Kier molecular flexibility index (Phi) is 2.47. The second-order valence-electron chi connectivity index (χ2n) is 2.98. The molecule has 1 aromatic heterocycles. The summed E-state index contributed by atoms with van der Waals surface area (Å²) in [5.74, 6) is -0.997. The molecule has 0 N–H and O–H groups in total. The molecular formula is C10H6N2O4. The van der Waals surface area contributed by atoms with E-state index in [0.29, 0.717) is 10.9 Å². The lowest BCUT2D eigenvalue weighted by Crippen LogP contribution is -2.11. The molecule has 0 aliphatic rings. The van der Waals surface area contributed by atoms with Gasteiger partial charge in [0.1, 0.15) is 0 Å². The van der Waals surface area contributed by atoms with E-state index in [-0.39, 0.29) is 5.56 Å². The molecule has 1 aromatic carbocycles. The van der Waals surface area contributed by atoms with Crippen LogP contribution in [0.5, 0.6) is 0 Å². The van der Waals surface area contributed by atoms with Crippen molar-refractivity contribution in [1.82, 2.24) is 4.98 Å². The van der Waals surface area contributed by atoms with E-state index in [0.717, 1.165) is 0 Å². The molecule has 0 radical (unpaired) electrons. The molecule has 6 nitrogen and oxygen atoms in total. The number of nitrogens with zero attached hydrogens (tertiary/aromatic N) is 2. The van der Waals surface area contributed by atoms with Crippen LogP contribution in [0.2, 0.25) is 0 Å². The Morgan fingerprint density at radius 2 is 2.06 bits per heavy atom. The zero-order valence-electron chi connectivity index (χ0n) is 7.99. The maximum atomic E-state index is 11.4. The van der Waals surface area contributed by atoms with Crippen LogP contribution in [-0.4, -0.2) is 16.0 Å². The minimum atomic E-state index is -1.13. The Morgan fingerprint density at radius 1 is 1.31 bits per heavy atom. The van der Waals surface area contributed by atoms with Gasteiger partial charge in [-0.05, 0) is 12.1 Å². The van der Waals surface area contributed by atoms with Crippen LogP contribution < -0.4 is 0 Å². The second-order valence-corrected chi connectivity index (χ2v) is 2.98. The Hall–Kier alpha value is -2.50. The van der Waals surface area contributed by atoms with Gasteiger partial charge >= 0.3 is 11.1 Å². The minimum Gasteiger partial charge on any atom is -0.263 e. The van der Waals surface area contributed by atoms with E-state index in [2.05, 4.69) is 9.82 Å². The number of rotatable bonds is 2. The van der Waals surface area contributed by atoms with Crippen molar-refractivity contribution in [3.05, 3.63) is 52.2 Å². The van der Waals surface area contributed by atoms with E-state index in [9.17, 15) is 14.9 Å². The number of para-hydroxylation sites is 1. The number of pyridine rings is 1. The van der Waals surface area contributed by atoms with Gasteiger partial charge in [0.05, 0.1) is 11.1 Å². The summed E-state index contributed by atoms with van der Waals surface area (Å²) in [7, 11) is 0. The van der Waals surface area contributed by atoms with Crippen molar-refractivity contribution in [2.45, 2.75) is 0 Å². The van der Waals surface area contributed by atoms with Gasteiger partial charge in [0.2, 0.25) is 0 Å². The van der Waals surface area contributed by atoms with E-state index in [1.165, 1.54) is 12.3 Å². The predicted octanol–water partition coefficient (Wildman–Crippen LogP) is 1.58. The number of carbonyl (C=O) groups is 1. The van der Waals surface area contributed by atoms with Gasteiger partial charge in [-0.3, -0.25) is 9.78 Å². The van der Waals surface area contributed by atoms with Crippen LogP contribution in [0, 0.1) is 10.1 Å². The molecule has 0 saturated carbocycles. The van der Waals surface area contributed by atoms with Gasteiger partial charge < -0.3 is 0 Å². The van der Waals surface area contributed by atoms with Crippen molar-refractivity contribution >= 4 is 16.9 Å². The first kappa shape index (κ1) is 10.0. The molecule has 80 valence electrons. The van der Waals surface area contributed by atoms with Crippen molar-refractivity contribution in [3.8, 4) is 0 Å². The van der Waals surface area contributed by atoms with Crippen molar-refractivity contribution in [3.63, 3.8) is 0 Å². The average Bonchev–Trinajstić information content (AvgIpc) is 2.27. The lowest BCUT2D eigenvalue weighted by Gasteiger charge is -2.02. The molecule has 0 unspecified atom stereocenters. The standard InChI is InChI=1S/C10H6N2O4/c13-10(16-12(14)15)8-5-6-11-9-4-2-1-3-7(8)9/h1-6H. The molecule has 0 saturated heterocycles. The molecule has 6 heteroatoms. The lowest BCUT2D eigenvalue weighted by molar-refractivity contribution is -0.727. The normalized spacial score (nSPS) is 10.0. The third kappa shape index (κ3) is 1.81. The molecular weight excluding hydrogens is 212 g/mol. The van der Waals surface area contributed by atoms with Crippen LogP contribution in [-0.2, 0) is 4.84 Å². The van der Waals surface area contributed by atoms with Gasteiger partial charge in [0.15, 0.2) is 0 Å². The molecule has 2 aromatic rings. The predicted molar refractivity (Wildman–Crippen MR) is 54.2 cm³/mol. The summed E-state index contributed by atoms with van der Waals surface area (Å²) in [6.07, 6.45) is 1.40. The fourth-order valence-corrected chi connectivity index (χ4v) is 1.39. The summed E-state index contributed by atoms with van der Waals surface area (Å²) in [6, 6.07) is 8.22. The quantitative estimate of drug-likeness (QED) is 0.564. The van der Waals surface area contributed by atoms with Crippen LogP contribution in [0.3, 0.4) is 0 Å². The van der Waals surface area contributed by atoms with E-state index in [1.807, 2.05) is 0 Å². The molecule has 0 amide bonds. The fraction of sp³-hybridized carbons (Fsp3) is 0. The number of carbonyl (C=O) groups excluding carboxylic acids is 1. The summed E-state index contributed by atoms with van der Waals surface area (Å²) in [5.41, 5.74) is 0.711. The smallest absolute Gasteiger partial charge is 0.263 e. The van der Waals surface area contributed by atoms with E-state index >= 15 is 0 Å². The van der Waals surface area contributed by atoms with Gasteiger partial charge in [0, 0.05) is 11.6 Å². The molecule has 0 bridgehead atoms. The number of aromatic nitrogens is 1. The second kappa shape index (κ2) is 3.93. The maximum Gasteiger partial charge on any atom is 0.335 e. The monoisotopic (exact) mass is 218 g/mol. The highest BCUT2D eigenvalue weighted by molar-refractivity contribution is 6.02. The average molecular weight is 218 g/mol. The zero-order valence-corrected chi connectivity index (χ0v) is 7.99. The number of hydrogen-bond acceptors (Lipinski definition) is 5. The number of fused-ring (bicyclic) bond motifs is 1. The SMILES string of the molecule is O=C(O[N+](=O)[O-])c1ccnc2ccccc12. The highest BCUT2D eigenvalue weighted by Crippen LogP contribution is 2.16. The summed E-state index contributed by atoms with van der Waals surface area (Å²) in [6.45, 7) is 0. The van der Waals surface area contributed by atoms with Crippen LogP contribution in [0.25, 0.3) is 10.9 Å². The molecule has 16 heavy (non-hydrogen) atoms. The Morgan fingerprint density at radius 3 is 2.81 bits per heavy atom. The minimum absolute atomic E-state index is 0.127. The van der Waals surface area contributed by atoms with Gasteiger partial charge in [-0.2, -0.15) is 0 Å². The molecule has 1 heterocycles. The third-order valence-corrected chi connectivity index (χ3v) is 2.03. The summed E-state index contributed by atoms with van der Waals surface area (Å²) < 4.78 is 0. The van der Waals surface area contributed by atoms with E-state index in [4.69, 9.17) is 0 Å². The first-order chi connectivity index (χ1) is 7.68. The summed E-state index contributed by atoms with van der Waals surface area (Å²) in [4.78, 5) is 29.4. The maximum absolute atomic E-state index is 11.4. The fourth-order valence-electron chi connectivity index (χ4n) is 1.39. The van der Waals surface area contributed by atoms with Crippen LogP contribution in [0.15, 0.2) is 36.5 Å². The Labute approximate surface area is 89.6 Å². The molecule has 0 aliphatic heterocycles. The molecule has 0 atom stereocenters. The van der Waals surface area contributed by atoms with Crippen molar-refractivity contribution in [2.75, 3.05) is 0 Å². The van der Waals surface area contributed by atoms with E-state index in [1.54, 1.807) is 24.3 Å². The molecule has 0 fully saturated rings. The highest BCUT2D eigenvalue weighted by atomic mass is 17.0. The Bertz CT molecular complexity index is 562. The van der Waals surface area contributed by atoms with E-state index < -0.39 is 11.1 Å². The molecule has 0 spiro atoms. The van der Waals surface area contributed by atoms with Crippen LogP contribution >= 0.6 is 0 Å². The number of benzene rings is 1. The number of hydrogen-bond donors (Lipinski definition) is 0. The zero-order chi connectivity index (χ0) is 11.5. The van der Waals surface area contributed by atoms with Crippen LogP contribution in [0.4, 0.5) is 0 Å². The molecule has 2 rings (SSSR count). The van der Waals surface area contributed by atoms with Crippen molar-refractivity contribution in [2.24, 2.45) is 0 Å². The Balaban J connectivity index is 2.52. The van der Waals surface area contributed by atoms with Gasteiger partial charge in [-0.15, -0.1) is 10.1 Å². The highest BCUT2D eigenvalue weighted by Gasteiger charge is 2.13. The summed E-state index contributed by atoms with van der Waals surface area (Å²) in [5, 5.41) is 9.46. The third-order valence-electron chi connectivity index (χ3n) is 2.03. The lowest BCUT2D eigenvalue weighted by atomic mass is 10.1. The molecule has 0 aliphatic carbocycles. The van der Waals surface area contributed by atoms with Gasteiger partial charge in [-0.25, -0.2) is 4.84 Å². The van der Waals surface area contributed by atoms with Crippen molar-refractivity contribution in [1.29, 1.82) is 0 Å². The summed E-state index contributed by atoms with van der Waals surface area (Å²) >= 11 is 0.